The predicted octanol–water partition coefficient (Wildman–Crippen LogP) is 6.44. The van der Waals surface area contributed by atoms with Crippen LogP contribution in [-0.4, -0.2) is 26.3 Å². The molecule has 1 unspecified atom stereocenters. The third-order valence-electron chi connectivity index (χ3n) is 5.23. The number of esters is 1. The largest absolute Gasteiger partial charge is 0.493 e. The first-order valence-corrected chi connectivity index (χ1v) is 10.8. The molecule has 4 heteroatoms. The lowest BCUT2D eigenvalue weighted by Gasteiger charge is -2.17. The van der Waals surface area contributed by atoms with Gasteiger partial charge in [0.05, 0.1) is 25.9 Å². The molecule has 0 saturated carbocycles. The third-order valence-corrected chi connectivity index (χ3v) is 5.23. The fourth-order valence-corrected chi connectivity index (χ4v) is 3.44. The van der Waals surface area contributed by atoms with Crippen LogP contribution in [0.25, 0.3) is 12.2 Å². The van der Waals surface area contributed by atoms with Crippen molar-refractivity contribution in [1.29, 1.82) is 0 Å². The van der Waals surface area contributed by atoms with Crippen LogP contribution < -0.4 is 9.47 Å². The summed E-state index contributed by atoms with van der Waals surface area (Å²) in [5.41, 5.74) is 3.88. The van der Waals surface area contributed by atoms with Crippen molar-refractivity contribution >= 4 is 18.1 Å². The number of methoxy groups -OCH3 is 2. The number of hydrogen-bond donors (Lipinski definition) is 0. The highest BCUT2D eigenvalue weighted by Crippen LogP contribution is 2.30. The van der Waals surface area contributed by atoms with E-state index in [2.05, 4.69) is 31.2 Å². The summed E-state index contributed by atoms with van der Waals surface area (Å²) in [6, 6.07) is 23.7. The second-order valence-corrected chi connectivity index (χ2v) is 7.66. The van der Waals surface area contributed by atoms with Gasteiger partial charge in [0, 0.05) is 0 Å². The van der Waals surface area contributed by atoms with Crippen molar-refractivity contribution in [3.8, 4) is 11.5 Å². The maximum absolute atomic E-state index is 11.6. The molecule has 0 saturated heterocycles. The van der Waals surface area contributed by atoms with E-state index >= 15 is 0 Å². The lowest BCUT2D eigenvalue weighted by molar-refractivity contribution is 0.0600. The molecule has 0 radical (unpaired) electrons. The Hall–Kier alpha value is -3.53. The lowest BCUT2D eigenvalue weighted by atomic mass is 10.1. The molecule has 3 aromatic carbocycles. The first kappa shape index (κ1) is 23.1. The van der Waals surface area contributed by atoms with E-state index in [1.165, 1.54) is 12.7 Å². The fourth-order valence-electron chi connectivity index (χ4n) is 3.44. The Morgan fingerprint density at radius 3 is 2.25 bits per heavy atom. The van der Waals surface area contributed by atoms with Gasteiger partial charge in [-0.15, -0.1) is 0 Å². The Morgan fingerprint density at radius 1 is 0.875 bits per heavy atom. The van der Waals surface area contributed by atoms with Crippen molar-refractivity contribution in [2.45, 2.75) is 32.3 Å². The lowest BCUT2D eigenvalue weighted by Crippen LogP contribution is -2.12. The van der Waals surface area contributed by atoms with Gasteiger partial charge in [0.25, 0.3) is 0 Å². The van der Waals surface area contributed by atoms with Gasteiger partial charge in [-0.3, -0.25) is 0 Å². The van der Waals surface area contributed by atoms with Crippen LogP contribution in [0.2, 0.25) is 0 Å². The van der Waals surface area contributed by atoms with Crippen LogP contribution in [0, 0.1) is 0 Å². The minimum absolute atomic E-state index is 0.0812. The highest BCUT2D eigenvalue weighted by molar-refractivity contribution is 5.89. The van der Waals surface area contributed by atoms with Gasteiger partial charge in [-0.1, -0.05) is 60.7 Å². The van der Waals surface area contributed by atoms with Crippen LogP contribution in [0.1, 0.15) is 46.8 Å². The molecule has 0 aliphatic heterocycles. The average Bonchev–Trinajstić information content (AvgIpc) is 2.83. The molecular weight excluding hydrogens is 400 g/mol. The van der Waals surface area contributed by atoms with Crippen molar-refractivity contribution in [1.82, 2.24) is 0 Å². The third kappa shape index (κ3) is 6.74. The molecule has 3 rings (SSSR count). The second kappa shape index (κ2) is 11.8. The van der Waals surface area contributed by atoms with Crippen molar-refractivity contribution in [3.63, 3.8) is 0 Å². The van der Waals surface area contributed by atoms with Crippen molar-refractivity contribution in [2.24, 2.45) is 0 Å². The molecule has 0 spiro atoms. The standard InChI is InChI=1S/C28H30O4/c1-21(8-7-11-22-9-5-4-6-10-22)32-27-20-24(16-19-26(27)30-2)13-12-23-14-17-25(18-15-23)28(29)31-3/h4-6,9-10,12-21H,7-8,11H2,1-3H3/b13-12+. The molecule has 3 aromatic rings. The first-order chi connectivity index (χ1) is 15.6. The van der Waals surface area contributed by atoms with Crippen molar-refractivity contribution in [3.05, 3.63) is 95.1 Å². The van der Waals surface area contributed by atoms with E-state index in [-0.39, 0.29) is 12.1 Å². The van der Waals surface area contributed by atoms with Gasteiger partial charge >= 0.3 is 5.97 Å². The second-order valence-electron chi connectivity index (χ2n) is 7.66. The highest BCUT2D eigenvalue weighted by atomic mass is 16.5. The summed E-state index contributed by atoms with van der Waals surface area (Å²) in [6.45, 7) is 2.09. The number of ether oxygens (including phenoxy) is 3. The van der Waals surface area contributed by atoms with Gasteiger partial charge < -0.3 is 14.2 Å². The smallest absolute Gasteiger partial charge is 0.337 e. The SMILES string of the molecule is COC(=O)c1ccc(/C=C/c2ccc(OC)c(OC(C)CCCc3ccccc3)c2)cc1. The summed E-state index contributed by atoms with van der Waals surface area (Å²) in [5, 5.41) is 0. The zero-order valence-electron chi connectivity index (χ0n) is 18.9. The molecule has 166 valence electrons. The van der Waals surface area contributed by atoms with Gasteiger partial charge in [-0.05, 0) is 67.1 Å². The van der Waals surface area contributed by atoms with E-state index in [1.807, 2.05) is 48.6 Å². The van der Waals surface area contributed by atoms with Gasteiger partial charge in [-0.2, -0.15) is 0 Å². The predicted molar refractivity (Wildman–Crippen MR) is 129 cm³/mol. The minimum Gasteiger partial charge on any atom is -0.493 e. The molecule has 0 aliphatic rings. The summed E-state index contributed by atoms with van der Waals surface area (Å²) in [6.07, 6.45) is 7.16. The molecule has 0 amide bonds. The van der Waals surface area contributed by atoms with Crippen LogP contribution in [-0.2, 0) is 11.2 Å². The molecule has 0 aromatic heterocycles. The van der Waals surface area contributed by atoms with Gasteiger partial charge in [0.15, 0.2) is 11.5 Å². The molecule has 0 bridgehead atoms. The average molecular weight is 431 g/mol. The zero-order valence-corrected chi connectivity index (χ0v) is 18.9. The van der Waals surface area contributed by atoms with Gasteiger partial charge in [0.1, 0.15) is 0 Å². The molecule has 0 heterocycles. The molecule has 0 N–H and O–H groups in total. The number of carbonyl (C=O) groups is 1. The van der Waals surface area contributed by atoms with Crippen LogP contribution in [0.3, 0.4) is 0 Å². The van der Waals surface area contributed by atoms with E-state index in [1.54, 1.807) is 19.2 Å². The number of aryl methyl sites for hydroxylation is 1. The highest BCUT2D eigenvalue weighted by Gasteiger charge is 2.10. The van der Waals surface area contributed by atoms with Crippen molar-refractivity contribution < 1.29 is 19.0 Å². The van der Waals surface area contributed by atoms with E-state index < -0.39 is 0 Å². The normalized spacial score (nSPS) is 11.8. The summed E-state index contributed by atoms with van der Waals surface area (Å²) >= 11 is 0. The zero-order chi connectivity index (χ0) is 22.8. The molecular formula is C28H30O4. The topological polar surface area (TPSA) is 44.8 Å². The Balaban J connectivity index is 1.61. The Kier molecular flexibility index (Phi) is 8.50. The van der Waals surface area contributed by atoms with Crippen LogP contribution in [0.15, 0.2) is 72.8 Å². The van der Waals surface area contributed by atoms with Crippen LogP contribution >= 0.6 is 0 Å². The number of carbonyl (C=O) groups excluding carboxylic acids is 1. The Labute approximate surface area is 190 Å². The summed E-state index contributed by atoms with van der Waals surface area (Å²) < 4.78 is 16.4. The maximum Gasteiger partial charge on any atom is 0.337 e. The molecule has 1 atom stereocenters. The van der Waals surface area contributed by atoms with Crippen LogP contribution in [0.5, 0.6) is 11.5 Å². The number of hydrogen-bond acceptors (Lipinski definition) is 4. The van der Waals surface area contributed by atoms with Gasteiger partial charge in [0.2, 0.25) is 0 Å². The monoisotopic (exact) mass is 430 g/mol. The molecule has 0 aliphatic carbocycles. The fraction of sp³-hybridized carbons (Fsp3) is 0.250. The molecule has 32 heavy (non-hydrogen) atoms. The number of benzene rings is 3. The molecule has 0 fully saturated rings. The van der Waals surface area contributed by atoms with Gasteiger partial charge in [-0.25, -0.2) is 4.79 Å². The van der Waals surface area contributed by atoms with E-state index in [9.17, 15) is 4.79 Å². The Bertz CT molecular complexity index is 1020. The minimum atomic E-state index is -0.338. The Morgan fingerprint density at radius 2 is 1.56 bits per heavy atom. The summed E-state index contributed by atoms with van der Waals surface area (Å²) in [7, 11) is 3.03. The quantitative estimate of drug-likeness (QED) is 0.274. The summed E-state index contributed by atoms with van der Waals surface area (Å²) in [4.78, 5) is 11.6. The van der Waals surface area contributed by atoms with E-state index in [0.29, 0.717) is 5.56 Å². The molecule has 4 nitrogen and oxygen atoms in total. The number of rotatable bonds is 10. The van der Waals surface area contributed by atoms with E-state index in [0.717, 1.165) is 41.9 Å². The van der Waals surface area contributed by atoms with Crippen LogP contribution in [0.4, 0.5) is 0 Å². The first-order valence-electron chi connectivity index (χ1n) is 10.8. The summed E-state index contributed by atoms with van der Waals surface area (Å²) in [5.74, 6) is 1.12. The maximum atomic E-state index is 11.6. The van der Waals surface area contributed by atoms with Crippen molar-refractivity contribution in [2.75, 3.05) is 14.2 Å². The van der Waals surface area contributed by atoms with E-state index in [4.69, 9.17) is 14.2 Å².